The summed E-state index contributed by atoms with van der Waals surface area (Å²) in [5, 5.41) is 0. The van der Waals surface area contributed by atoms with E-state index in [0.29, 0.717) is 11.3 Å². The van der Waals surface area contributed by atoms with Crippen LogP contribution in [0.1, 0.15) is 71.5 Å². The van der Waals surface area contributed by atoms with Crippen LogP contribution in [0.4, 0.5) is 0 Å². The second-order valence-corrected chi connectivity index (χ2v) is 7.29. The Balaban J connectivity index is 0. The van der Waals surface area contributed by atoms with Gasteiger partial charge in [0.05, 0.1) is 11.5 Å². The third kappa shape index (κ3) is 6.50. The van der Waals surface area contributed by atoms with Crippen molar-refractivity contribution in [1.82, 2.24) is 0 Å². The molecule has 0 aliphatic carbocycles. The van der Waals surface area contributed by atoms with Crippen LogP contribution < -0.4 is 29.6 Å². The van der Waals surface area contributed by atoms with Gasteiger partial charge in [-0.05, 0) is 48.4 Å². The SMILES string of the molecule is CCCOS(=O)(=O)c1ccc(CCC)c(CCC)c1CCC.[H-].[Na+]. The van der Waals surface area contributed by atoms with Crippen molar-refractivity contribution in [2.45, 2.75) is 77.5 Å². The van der Waals surface area contributed by atoms with Crippen LogP contribution in [0.15, 0.2) is 17.0 Å². The van der Waals surface area contributed by atoms with Gasteiger partial charge in [-0.3, -0.25) is 4.18 Å². The van der Waals surface area contributed by atoms with Gasteiger partial charge in [0.2, 0.25) is 0 Å². The fourth-order valence-electron chi connectivity index (χ4n) is 2.80. The van der Waals surface area contributed by atoms with Crippen LogP contribution in [0.2, 0.25) is 0 Å². The van der Waals surface area contributed by atoms with Gasteiger partial charge in [0, 0.05) is 0 Å². The van der Waals surface area contributed by atoms with Gasteiger partial charge >= 0.3 is 29.6 Å². The van der Waals surface area contributed by atoms with Gasteiger partial charge in [0.15, 0.2) is 0 Å². The number of hydrogen-bond donors (Lipinski definition) is 0. The Kier molecular flexibility index (Phi) is 11.7. The molecule has 0 aromatic heterocycles. The van der Waals surface area contributed by atoms with E-state index in [1.807, 2.05) is 13.0 Å². The third-order valence-electron chi connectivity index (χ3n) is 3.72. The fraction of sp³-hybridized carbons (Fsp3) is 0.667. The number of aryl methyl sites for hydroxylation is 1. The summed E-state index contributed by atoms with van der Waals surface area (Å²) >= 11 is 0. The Morgan fingerprint density at radius 2 is 1.43 bits per heavy atom. The van der Waals surface area contributed by atoms with Gasteiger partial charge in [-0.2, -0.15) is 8.42 Å². The van der Waals surface area contributed by atoms with Crippen LogP contribution in [0.3, 0.4) is 0 Å². The van der Waals surface area contributed by atoms with Crippen molar-refractivity contribution in [3.63, 3.8) is 0 Å². The Hall–Kier alpha value is 0.130. The van der Waals surface area contributed by atoms with Crippen LogP contribution >= 0.6 is 0 Å². The molecule has 0 saturated carbocycles. The predicted molar refractivity (Wildman–Crippen MR) is 93.0 cm³/mol. The van der Waals surface area contributed by atoms with Crippen molar-refractivity contribution < 1.29 is 43.6 Å². The Bertz CT molecular complexity index is 574. The van der Waals surface area contributed by atoms with Crippen molar-refractivity contribution >= 4 is 10.1 Å². The molecule has 0 aliphatic rings. The summed E-state index contributed by atoms with van der Waals surface area (Å²) in [6, 6.07) is 3.73. The molecule has 128 valence electrons. The van der Waals surface area contributed by atoms with Crippen LogP contribution in [0.5, 0.6) is 0 Å². The summed E-state index contributed by atoms with van der Waals surface area (Å²) in [7, 11) is -3.65. The van der Waals surface area contributed by atoms with E-state index in [1.165, 1.54) is 11.1 Å². The van der Waals surface area contributed by atoms with E-state index in [1.54, 1.807) is 6.07 Å². The average molecular weight is 351 g/mol. The van der Waals surface area contributed by atoms with Gasteiger partial charge in [-0.15, -0.1) is 0 Å². The standard InChI is InChI=1S/C18H30O3S.Na.H/c1-5-9-15-12-13-18(22(19,20)21-14-8-4)17(11-7-3)16(15)10-6-2;;/h12-13H,5-11,14H2,1-4H3;;/q;+1;-1. The zero-order chi connectivity index (χ0) is 16.6. The molecule has 0 radical (unpaired) electrons. The van der Waals surface area contributed by atoms with Crippen LogP contribution in [-0.4, -0.2) is 15.0 Å². The van der Waals surface area contributed by atoms with Crippen molar-refractivity contribution in [1.29, 1.82) is 0 Å². The molecular formula is C18H31NaO3S. The Morgan fingerprint density at radius 3 is 1.96 bits per heavy atom. The molecule has 3 nitrogen and oxygen atoms in total. The van der Waals surface area contributed by atoms with E-state index in [-0.39, 0.29) is 37.6 Å². The van der Waals surface area contributed by atoms with Crippen LogP contribution in [0.25, 0.3) is 0 Å². The number of hydrogen-bond acceptors (Lipinski definition) is 3. The predicted octanol–water partition coefficient (Wildman–Crippen LogP) is 1.78. The first-order chi connectivity index (χ1) is 10.5. The molecule has 0 unspecified atom stereocenters. The van der Waals surface area contributed by atoms with E-state index < -0.39 is 10.1 Å². The van der Waals surface area contributed by atoms with Gasteiger partial charge in [0.25, 0.3) is 10.1 Å². The second kappa shape index (κ2) is 11.6. The minimum absolute atomic E-state index is 0. The van der Waals surface area contributed by atoms with Gasteiger partial charge in [-0.1, -0.05) is 53.0 Å². The molecule has 0 saturated heterocycles. The van der Waals surface area contributed by atoms with E-state index in [4.69, 9.17) is 4.18 Å². The summed E-state index contributed by atoms with van der Waals surface area (Å²) in [5.74, 6) is 0. The van der Waals surface area contributed by atoms with E-state index in [2.05, 4.69) is 20.8 Å². The molecule has 0 amide bonds. The smallest absolute Gasteiger partial charge is 1.00 e. The molecular weight excluding hydrogens is 319 g/mol. The zero-order valence-corrected chi connectivity index (χ0v) is 18.3. The molecule has 0 fully saturated rings. The Labute approximate surface area is 166 Å². The quantitative estimate of drug-likeness (QED) is 0.477. The molecule has 23 heavy (non-hydrogen) atoms. The second-order valence-electron chi connectivity index (χ2n) is 5.71. The topological polar surface area (TPSA) is 43.4 Å². The first kappa shape index (κ1) is 23.1. The number of benzene rings is 1. The van der Waals surface area contributed by atoms with Gasteiger partial charge in [-0.25, -0.2) is 0 Å². The molecule has 0 bridgehead atoms. The fourth-order valence-corrected chi connectivity index (χ4v) is 4.07. The van der Waals surface area contributed by atoms with Gasteiger partial charge in [0.1, 0.15) is 0 Å². The van der Waals surface area contributed by atoms with E-state index in [9.17, 15) is 8.42 Å². The van der Waals surface area contributed by atoms with Gasteiger partial charge < -0.3 is 1.43 Å². The molecule has 0 spiro atoms. The first-order valence-corrected chi connectivity index (χ1v) is 9.95. The minimum Gasteiger partial charge on any atom is -1.00 e. The largest absolute Gasteiger partial charge is 1.00 e. The van der Waals surface area contributed by atoms with Crippen molar-refractivity contribution in [2.75, 3.05) is 6.61 Å². The summed E-state index contributed by atoms with van der Waals surface area (Å²) < 4.78 is 30.1. The van der Waals surface area contributed by atoms with Crippen LogP contribution in [0, 0.1) is 0 Å². The number of rotatable bonds is 10. The van der Waals surface area contributed by atoms with Crippen molar-refractivity contribution in [3.05, 3.63) is 28.8 Å². The molecule has 1 aromatic carbocycles. The third-order valence-corrected chi connectivity index (χ3v) is 5.11. The maximum Gasteiger partial charge on any atom is 1.00 e. The average Bonchev–Trinajstić information content (AvgIpc) is 2.48. The molecule has 0 N–H and O–H groups in total. The summed E-state index contributed by atoms with van der Waals surface area (Å²) in [6.45, 7) is 8.54. The molecule has 1 rings (SSSR count). The summed E-state index contributed by atoms with van der Waals surface area (Å²) in [4.78, 5) is 0.381. The molecule has 0 heterocycles. The van der Waals surface area contributed by atoms with E-state index >= 15 is 0 Å². The zero-order valence-electron chi connectivity index (χ0n) is 16.4. The summed E-state index contributed by atoms with van der Waals surface area (Å²) in [6.07, 6.45) is 6.44. The minimum atomic E-state index is -3.65. The normalized spacial score (nSPS) is 11.3. The summed E-state index contributed by atoms with van der Waals surface area (Å²) in [5.41, 5.74) is 3.50. The maximum absolute atomic E-state index is 12.5. The molecule has 1 aromatic rings. The molecule has 5 heteroatoms. The van der Waals surface area contributed by atoms with Crippen LogP contribution in [-0.2, 0) is 33.6 Å². The van der Waals surface area contributed by atoms with E-state index in [0.717, 1.165) is 44.1 Å². The Morgan fingerprint density at radius 1 is 0.870 bits per heavy atom. The van der Waals surface area contributed by atoms with Crippen molar-refractivity contribution in [2.24, 2.45) is 0 Å². The van der Waals surface area contributed by atoms with Crippen molar-refractivity contribution in [3.8, 4) is 0 Å². The molecule has 0 aliphatic heterocycles. The molecule has 0 atom stereocenters. The first-order valence-electron chi connectivity index (χ1n) is 8.54. The monoisotopic (exact) mass is 350 g/mol. The maximum atomic E-state index is 12.5.